The molecule has 1 fully saturated rings. The Morgan fingerprint density at radius 2 is 2.07 bits per heavy atom. The number of nitrogens with one attached hydrogen (secondary N) is 2. The lowest BCUT2D eigenvalue weighted by atomic mass is 10.1. The van der Waals surface area contributed by atoms with Gasteiger partial charge in [-0.15, -0.1) is 6.42 Å². The highest BCUT2D eigenvalue weighted by Gasteiger charge is 2.28. The van der Waals surface area contributed by atoms with E-state index in [0.717, 1.165) is 4.47 Å². The van der Waals surface area contributed by atoms with Crippen LogP contribution in [0.2, 0.25) is 5.02 Å². The number of terminal acetylenes is 1. The fourth-order valence-corrected chi connectivity index (χ4v) is 4.35. The van der Waals surface area contributed by atoms with Crippen LogP contribution in [0.5, 0.6) is 17.2 Å². The molecular formula is C21H18BrClN2O4S. The monoisotopic (exact) mass is 508 g/mol. The predicted molar refractivity (Wildman–Crippen MR) is 124 cm³/mol. The molecule has 0 radical (unpaired) electrons. The van der Waals surface area contributed by atoms with Crippen molar-refractivity contribution in [1.82, 2.24) is 5.32 Å². The number of rotatable bonds is 7. The number of anilines is 1. The number of thioether (sulfide) groups is 1. The summed E-state index contributed by atoms with van der Waals surface area (Å²) >= 11 is 10.9. The Morgan fingerprint density at radius 3 is 2.77 bits per heavy atom. The summed E-state index contributed by atoms with van der Waals surface area (Å²) in [7, 11) is 3.11. The quantitative estimate of drug-likeness (QED) is 0.415. The van der Waals surface area contributed by atoms with Crippen LogP contribution in [0.1, 0.15) is 5.56 Å². The van der Waals surface area contributed by atoms with Crippen LogP contribution < -0.4 is 24.8 Å². The number of carbonyl (C=O) groups is 1. The molecule has 2 N–H and O–H groups in total. The molecule has 1 atom stereocenters. The molecule has 1 amide bonds. The third kappa shape index (κ3) is 5.17. The van der Waals surface area contributed by atoms with Crippen molar-refractivity contribution in [3.05, 3.63) is 50.3 Å². The van der Waals surface area contributed by atoms with E-state index in [1.807, 2.05) is 6.07 Å². The highest BCUT2D eigenvalue weighted by Crippen LogP contribution is 2.39. The van der Waals surface area contributed by atoms with Crippen molar-refractivity contribution in [2.24, 2.45) is 0 Å². The Bertz CT molecular complexity index is 1040. The van der Waals surface area contributed by atoms with Crippen molar-refractivity contribution in [2.75, 3.05) is 26.1 Å². The molecule has 0 aliphatic carbocycles. The second-order valence-electron chi connectivity index (χ2n) is 5.99. The summed E-state index contributed by atoms with van der Waals surface area (Å²) in [4.78, 5) is 13.1. The van der Waals surface area contributed by atoms with Gasteiger partial charge < -0.3 is 24.8 Å². The van der Waals surface area contributed by atoms with Gasteiger partial charge in [-0.2, -0.15) is 0 Å². The molecule has 0 bridgehead atoms. The Balaban J connectivity index is 1.87. The maximum absolute atomic E-state index is 12.6. The van der Waals surface area contributed by atoms with Gasteiger partial charge >= 0.3 is 0 Å². The third-order valence-electron chi connectivity index (χ3n) is 4.03. The minimum Gasteiger partial charge on any atom is -0.495 e. The summed E-state index contributed by atoms with van der Waals surface area (Å²) in [5, 5.41) is 6.65. The lowest BCUT2D eigenvalue weighted by Gasteiger charge is -2.16. The van der Waals surface area contributed by atoms with Gasteiger partial charge in [-0.05, 0) is 36.4 Å². The second-order valence-corrected chi connectivity index (χ2v) is 8.49. The van der Waals surface area contributed by atoms with E-state index in [1.165, 1.54) is 18.9 Å². The molecule has 1 aliphatic heterocycles. The fourth-order valence-electron chi connectivity index (χ4n) is 2.76. The number of halogens is 2. The first kappa shape index (κ1) is 22.2. The Kier molecular flexibility index (Phi) is 7.43. The maximum Gasteiger partial charge on any atom is 0.260 e. The van der Waals surface area contributed by atoms with Crippen LogP contribution in [0, 0.1) is 12.3 Å². The van der Waals surface area contributed by atoms with Crippen molar-refractivity contribution in [3.8, 4) is 29.6 Å². The van der Waals surface area contributed by atoms with Gasteiger partial charge in [0.15, 0.2) is 17.0 Å². The van der Waals surface area contributed by atoms with E-state index in [9.17, 15) is 4.79 Å². The molecule has 1 unspecified atom stereocenters. The number of benzene rings is 2. The summed E-state index contributed by atoms with van der Waals surface area (Å²) in [6.07, 6.45) is 7.05. The largest absolute Gasteiger partial charge is 0.495 e. The van der Waals surface area contributed by atoms with Gasteiger partial charge in [0.25, 0.3) is 5.91 Å². The van der Waals surface area contributed by atoms with Crippen molar-refractivity contribution >= 4 is 57.0 Å². The lowest BCUT2D eigenvalue weighted by molar-refractivity contribution is -0.116. The van der Waals surface area contributed by atoms with E-state index in [0.29, 0.717) is 38.4 Å². The van der Waals surface area contributed by atoms with Gasteiger partial charge in [0.05, 0.1) is 24.8 Å². The molecule has 6 nitrogen and oxygen atoms in total. The molecule has 156 valence electrons. The molecule has 30 heavy (non-hydrogen) atoms. The zero-order valence-electron chi connectivity index (χ0n) is 16.1. The Labute approximate surface area is 192 Å². The predicted octanol–water partition coefficient (Wildman–Crippen LogP) is 4.73. The molecular weight excluding hydrogens is 492 g/mol. The van der Waals surface area contributed by atoms with E-state index >= 15 is 0 Å². The summed E-state index contributed by atoms with van der Waals surface area (Å²) in [5.74, 6) is 3.80. The zero-order valence-corrected chi connectivity index (χ0v) is 19.3. The topological polar surface area (TPSA) is 68.8 Å². The Morgan fingerprint density at radius 1 is 1.30 bits per heavy atom. The molecule has 9 heteroatoms. The van der Waals surface area contributed by atoms with E-state index < -0.39 is 5.50 Å². The summed E-state index contributed by atoms with van der Waals surface area (Å²) in [6.45, 7) is 0.0756. The van der Waals surface area contributed by atoms with Gasteiger partial charge in [0, 0.05) is 15.1 Å². The van der Waals surface area contributed by atoms with Gasteiger partial charge in [0.2, 0.25) is 0 Å². The van der Waals surface area contributed by atoms with E-state index in [2.05, 4.69) is 32.5 Å². The Hall–Kier alpha value is -2.47. The molecule has 1 aliphatic rings. The summed E-state index contributed by atoms with van der Waals surface area (Å²) in [5.41, 5.74) is 0.932. The number of amides is 1. The van der Waals surface area contributed by atoms with Crippen molar-refractivity contribution in [2.45, 2.75) is 5.50 Å². The van der Waals surface area contributed by atoms with Crippen LogP contribution in [0.15, 0.2) is 39.7 Å². The SMILES string of the molecule is C#CCOc1c(/C=C2\SC(Nc3cc(Cl)ccc3OC)NC2=O)cc(Br)cc1OC. The standard InChI is InChI=1S/C21H18BrClN2O4S/c1-4-7-29-19-12(8-13(22)10-17(19)28-3)9-18-20(26)25-21(30-18)24-15-11-14(23)5-6-16(15)27-2/h1,5-6,8-11,21,24H,7H2,2-3H3,(H,25,26)/b18-9-. The molecule has 1 saturated heterocycles. The smallest absolute Gasteiger partial charge is 0.260 e. The molecule has 0 spiro atoms. The second kappa shape index (κ2) is 10.0. The van der Waals surface area contributed by atoms with E-state index in [-0.39, 0.29) is 12.5 Å². The highest BCUT2D eigenvalue weighted by molar-refractivity contribution is 9.10. The zero-order chi connectivity index (χ0) is 21.7. The lowest BCUT2D eigenvalue weighted by Crippen LogP contribution is -2.31. The fraction of sp³-hybridized carbons (Fsp3) is 0.190. The summed E-state index contributed by atoms with van der Waals surface area (Å²) in [6, 6.07) is 8.82. The third-order valence-corrected chi connectivity index (χ3v) is 5.76. The van der Waals surface area contributed by atoms with Crippen LogP contribution >= 0.6 is 39.3 Å². The minimum atomic E-state index is -0.403. The number of carbonyl (C=O) groups excluding carboxylic acids is 1. The number of hydrogen-bond acceptors (Lipinski definition) is 6. The first-order valence-corrected chi connectivity index (χ1v) is 10.7. The molecule has 0 aromatic heterocycles. The van der Waals surface area contributed by atoms with Crippen LogP contribution in [0.4, 0.5) is 5.69 Å². The van der Waals surface area contributed by atoms with Crippen LogP contribution in [0.3, 0.4) is 0 Å². The summed E-state index contributed by atoms with van der Waals surface area (Å²) < 4.78 is 17.2. The van der Waals surface area contributed by atoms with Gasteiger partial charge in [0.1, 0.15) is 12.4 Å². The van der Waals surface area contributed by atoms with Gasteiger partial charge in [-0.25, -0.2) is 0 Å². The van der Waals surface area contributed by atoms with Crippen molar-refractivity contribution < 1.29 is 19.0 Å². The average Bonchev–Trinajstić information content (AvgIpc) is 3.05. The molecule has 2 aromatic carbocycles. The highest BCUT2D eigenvalue weighted by atomic mass is 79.9. The van der Waals surface area contributed by atoms with Crippen LogP contribution in [-0.2, 0) is 4.79 Å². The molecule has 0 saturated carbocycles. The number of methoxy groups -OCH3 is 2. The first-order valence-electron chi connectivity index (χ1n) is 8.68. The van der Waals surface area contributed by atoms with Crippen LogP contribution in [0.25, 0.3) is 6.08 Å². The van der Waals surface area contributed by atoms with Crippen LogP contribution in [-0.4, -0.2) is 32.2 Å². The molecule has 1 heterocycles. The minimum absolute atomic E-state index is 0.0756. The number of hydrogen-bond donors (Lipinski definition) is 2. The van der Waals surface area contributed by atoms with Crippen molar-refractivity contribution in [1.29, 1.82) is 0 Å². The van der Waals surface area contributed by atoms with Gasteiger partial charge in [-0.3, -0.25) is 4.79 Å². The normalized spacial score (nSPS) is 16.7. The number of ether oxygens (including phenoxy) is 3. The van der Waals surface area contributed by atoms with E-state index in [1.54, 1.807) is 37.5 Å². The molecule has 2 aromatic rings. The van der Waals surface area contributed by atoms with Gasteiger partial charge in [-0.1, -0.05) is 45.2 Å². The maximum atomic E-state index is 12.6. The first-order chi connectivity index (χ1) is 14.4. The molecule has 3 rings (SSSR count). The van der Waals surface area contributed by atoms with Crippen molar-refractivity contribution in [3.63, 3.8) is 0 Å². The van der Waals surface area contributed by atoms with E-state index in [4.69, 9.17) is 32.2 Å². The average molecular weight is 510 g/mol.